The zero-order chi connectivity index (χ0) is 21.2. The van der Waals surface area contributed by atoms with Crippen LogP contribution in [0.5, 0.6) is 0 Å². The van der Waals surface area contributed by atoms with E-state index in [2.05, 4.69) is 0 Å². The van der Waals surface area contributed by atoms with Crippen molar-refractivity contribution in [1.29, 1.82) is 0 Å². The van der Waals surface area contributed by atoms with Gasteiger partial charge in [-0.25, -0.2) is 17.2 Å². The van der Waals surface area contributed by atoms with Crippen molar-refractivity contribution in [3.8, 4) is 0 Å². The van der Waals surface area contributed by atoms with Crippen LogP contribution in [0, 0.1) is 11.6 Å². The topological polar surface area (TPSA) is 57.7 Å². The van der Waals surface area contributed by atoms with Gasteiger partial charge in [-0.05, 0) is 24.3 Å². The van der Waals surface area contributed by atoms with Gasteiger partial charge in [0.1, 0.15) is 16.5 Å². The monoisotopic (exact) mass is 480 g/mol. The Balaban J connectivity index is 1.59. The van der Waals surface area contributed by atoms with Crippen LogP contribution in [0.4, 0.5) is 8.78 Å². The van der Waals surface area contributed by atoms with E-state index >= 15 is 0 Å². The summed E-state index contributed by atoms with van der Waals surface area (Å²) in [5, 5.41) is 0.108. The largest absolute Gasteiger partial charge is 0.339 e. The first-order valence-corrected chi connectivity index (χ1v) is 11.7. The zero-order valence-electron chi connectivity index (χ0n) is 14.9. The Morgan fingerprint density at radius 3 is 2.41 bits per heavy atom. The van der Waals surface area contributed by atoms with Crippen molar-refractivity contribution >= 4 is 50.9 Å². The van der Waals surface area contributed by atoms with Crippen LogP contribution in [-0.4, -0.2) is 55.5 Å². The highest BCUT2D eigenvalue weighted by Gasteiger charge is 2.31. The first-order chi connectivity index (χ1) is 13.7. The van der Waals surface area contributed by atoms with Gasteiger partial charge in [0, 0.05) is 37.1 Å². The SMILES string of the molecule is O=C(CSc1ccc(F)cc1F)N1CCN(S(=O)(=O)c2cccc(Cl)c2Cl)CC1. The quantitative estimate of drug-likeness (QED) is 0.609. The maximum absolute atomic E-state index is 13.7. The second-order valence-corrected chi connectivity index (χ2v) is 9.91. The Bertz CT molecular complexity index is 1030. The van der Waals surface area contributed by atoms with E-state index < -0.39 is 21.7 Å². The van der Waals surface area contributed by atoms with Gasteiger partial charge < -0.3 is 4.90 Å². The number of halogens is 4. The smallest absolute Gasteiger partial charge is 0.244 e. The van der Waals surface area contributed by atoms with Crippen LogP contribution in [0.25, 0.3) is 0 Å². The molecule has 1 amide bonds. The van der Waals surface area contributed by atoms with Crippen molar-refractivity contribution in [3.05, 3.63) is 58.1 Å². The molecule has 5 nitrogen and oxygen atoms in total. The molecular weight excluding hydrogens is 465 g/mol. The summed E-state index contributed by atoms with van der Waals surface area (Å²) in [6.45, 7) is 0.602. The van der Waals surface area contributed by atoms with Crippen molar-refractivity contribution in [1.82, 2.24) is 9.21 Å². The summed E-state index contributed by atoms with van der Waals surface area (Å²) in [5.74, 6) is -1.70. The van der Waals surface area contributed by atoms with Crippen molar-refractivity contribution in [2.24, 2.45) is 0 Å². The van der Waals surface area contributed by atoms with E-state index in [0.29, 0.717) is 0 Å². The van der Waals surface area contributed by atoms with E-state index in [-0.39, 0.29) is 57.7 Å². The summed E-state index contributed by atoms with van der Waals surface area (Å²) in [4.78, 5) is 14.0. The number of rotatable bonds is 5. The Morgan fingerprint density at radius 1 is 1.07 bits per heavy atom. The summed E-state index contributed by atoms with van der Waals surface area (Å²) >= 11 is 12.9. The number of thioether (sulfide) groups is 1. The molecule has 1 fully saturated rings. The van der Waals surface area contributed by atoms with Crippen molar-refractivity contribution in [3.63, 3.8) is 0 Å². The third-order valence-electron chi connectivity index (χ3n) is 4.37. The second kappa shape index (κ2) is 9.18. The molecule has 0 aliphatic carbocycles. The number of hydrogen-bond acceptors (Lipinski definition) is 4. The fourth-order valence-electron chi connectivity index (χ4n) is 2.82. The molecule has 0 saturated carbocycles. The molecule has 3 rings (SSSR count). The molecule has 156 valence electrons. The number of carbonyl (C=O) groups excluding carboxylic acids is 1. The number of amides is 1. The molecule has 2 aromatic carbocycles. The van der Waals surface area contributed by atoms with E-state index in [1.54, 1.807) is 0 Å². The Morgan fingerprint density at radius 2 is 1.76 bits per heavy atom. The fraction of sp³-hybridized carbons (Fsp3) is 0.278. The summed E-state index contributed by atoms with van der Waals surface area (Å²) in [5.41, 5.74) is 0. The summed E-state index contributed by atoms with van der Waals surface area (Å²) in [6, 6.07) is 7.56. The summed E-state index contributed by atoms with van der Waals surface area (Å²) in [7, 11) is -3.84. The predicted octanol–water partition coefficient (Wildman–Crippen LogP) is 3.90. The summed E-state index contributed by atoms with van der Waals surface area (Å²) in [6.07, 6.45) is 0. The van der Waals surface area contributed by atoms with Crippen LogP contribution in [0.15, 0.2) is 46.2 Å². The molecule has 0 aromatic heterocycles. The lowest BCUT2D eigenvalue weighted by molar-refractivity contribution is -0.129. The minimum atomic E-state index is -3.84. The van der Waals surface area contributed by atoms with Gasteiger partial charge in [-0.1, -0.05) is 29.3 Å². The van der Waals surface area contributed by atoms with Crippen LogP contribution in [-0.2, 0) is 14.8 Å². The first-order valence-electron chi connectivity index (χ1n) is 8.50. The molecule has 0 unspecified atom stereocenters. The van der Waals surface area contributed by atoms with Crippen LogP contribution in [0.3, 0.4) is 0 Å². The van der Waals surface area contributed by atoms with Gasteiger partial charge in [0.15, 0.2) is 0 Å². The van der Waals surface area contributed by atoms with Crippen LogP contribution in [0.2, 0.25) is 10.0 Å². The van der Waals surface area contributed by atoms with Crippen molar-refractivity contribution in [2.45, 2.75) is 9.79 Å². The number of carbonyl (C=O) groups is 1. The average Bonchev–Trinajstić information content (AvgIpc) is 2.69. The van der Waals surface area contributed by atoms with Gasteiger partial charge in [-0.3, -0.25) is 4.79 Å². The van der Waals surface area contributed by atoms with E-state index in [4.69, 9.17) is 23.2 Å². The molecule has 1 saturated heterocycles. The van der Waals surface area contributed by atoms with Gasteiger partial charge in [-0.15, -0.1) is 11.8 Å². The molecule has 0 spiro atoms. The number of hydrogen-bond donors (Lipinski definition) is 0. The average molecular weight is 481 g/mol. The van der Waals surface area contributed by atoms with Gasteiger partial charge >= 0.3 is 0 Å². The summed E-state index contributed by atoms with van der Waals surface area (Å²) < 4.78 is 53.5. The molecule has 0 N–H and O–H groups in total. The van der Waals surface area contributed by atoms with Crippen LogP contribution in [0.1, 0.15) is 0 Å². The molecule has 11 heteroatoms. The molecule has 1 aliphatic rings. The minimum Gasteiger partial charge on any atom is -0.339 e. The van der Waals surface area contributed by atoms with Gasteiger partial charge in [0.05, 0.1) is 15.8 Å². The highest BCUT2D eigenvalue weighted by Crippen LogP contribution is 2.31. The molecule has 1 heterocycles. The Hall–Kier alpha value is -1.39. The Labute approximate surface area is 181 Å². The molecule has 1 aliphatic heterocycles. The standard InChI is InChI=1S/C18H16Cl2F2N2O3S2/c19-13-2-1-3-16(18(13)20)29(26,27)24-8-6-23(7-9-24)17(25)11-28-15-5-4-12(21)10-14(15)22/h1-5,10H,6-9,11H2. The second-order valence-electron chi connectivity index (χ2n) is 6.20. The highest BCUT2D eigenvalue weighted by molar-refractivity contribution is 8.00. The lowest BCUT2D eigenvalue weighted by Crippen LogP contribution is -2.51. The highest BCUT2D eigenvalue weighted by atomic mass is 35.5. The third kappa shape index (κ3) is 5.03. The van der Waals surface area contributed by atoms with E-state index in [1.165, 1.54) is 33.5 Å². The van der Waals surface area contributed by atoms with E-state index in [1.807, 2.05) is 0 Å². The number of sulfonamides is 1. The molecule has 0 radical (unpaired) electrons. The third-order valence-corrected chi connectivity index (χ3v) is 8.28. The number of benzene rings is 2. The van der Waals surface area contributed by atoms with Crippen molar-refractivity contribution in [2.75, 3.05) is 31.9 Å². The maximum Gasteiger partial charge on any atom is 0.244 e. The molecule has 0 atom stereocenters. The Kier molecular flexibility index (Phi) is 7.06. The maximum atomic E-state index is 13.7. The molecule has 2 aromatic rings. The molecular formula is C18H16Cl2F2N2O3S2. The zero-order valence-corrected chi connectivity index (χ0v) is 18.1. The molecule has 29 heavy (non-hydrogen) atoms. The van der Waals surface area contributed by atoms with E-state index in [0.717, 1.165) is 23.9 Å². The van der Waals surface area contributed by atoms with Gasteiger partial charge in [0.2, 0.25) is 15.9 Å². The lowest BCUT2D eigenvalue weighted by atomic mass is 10.3. The van der Waals surface area contributed by atoms with Crippen LogP contribution >= 0.6 is 35.0 Å². The van der Waals surface area contributed by atoms with Crippen LogP contribution < -0.4 is 0 Å². The minimum absolute atomic E-state index is 0.0323. The lowest BCUT2D eigenvalue weighted by Gasteiger charge is -2.34. The molecule has 0 bridgehead atoms. The van der Waals surface area contributed by atoms with E-state index in [9.17, 15) is 22.0 Å². The first kappa shape index (κ1) is 22.3. The van der Waals surface area contributed by atoms with Gasteiger partial charge in [-0.2, -0.15) is 4.31 Å². The number of nitrogens with zero attached hydrogens (tertiary/aromatic N) is 2. The number of piperazine rings is 1. The fourth-order valence-corrected chi connectivity index (χ4v) is 5.80. The normalized spacial score (nSPS) is 15.5. The van der Waals surface area contributed by atoms with Crippen molar-refractivity contribution < 1.29 is 22.0 Å². The predicted molar refractivity (Wildman–Crippen MR) is 109 cm³/mol. The van der Waals surface area contributed by atoms with Gasteiger partial charge in [0.25, 0.3) is 0 Å².